The second kappa shape index (κ2) is 7.49. The van der Waals surface area contributed by atoms with E-state index >= 15 is 0 Å². The molecule has 1 aliphatic heterocycles. The van der Waals surface area contributed by atoms with Crippen molar-refractivity contribution in [3.05, 3.63) is 53.4 Å². The van der Waals surface area contributed by atoms with Crippen molar-refractivity contribution < 1.29 is 14.3 Å². The fourth-order valence-corrected chi connectivity index (χ4v) is 3.33. The summed E-state index contributed by atoms with van der Waals surface area (Å²) in [7, 11) is 0. The summed E-state index contributed by atoms with van der Waals surface area (Å²) >= 11 is 1.49. The van der Waals surface area contributed by atoms with Crippen molar-refractivity contribution in [3.8, 4) is 22.2 Å². The van der Waals surface area contributed by atoms with Gasteiger partial charge in [0, 0.05) is 24.2 Å². The number of carbonyl (C=O) groups is 1. The summed E-state index contributed by atoms with van der Waals surface area (Å²) in [5.41, 5.74) is 2.59. The SMILES string of the molecule is O=C(CCc1ccc2c(c1)OCO2)NCc1csc(-c2cnccn2)n1. The van der Waals surface area contributed by atoms with E-state index in [1.165, 1.54) is 11.3 Å². The van der Waals surface area contributed by atoms with Gasteiger partial charge in [-0.2, -0.15) is 0 Å². The molecule has 1 amide bonds. The van der Waals surface area contributed by atoms with E-state index in [2.05, 4.69) is 20.3 Å². The molecule has 0 saturated carbocycles. The number of rotatable bonds is 6. The average molecular weight is 368 g/mol. The van der Waals surface area contributed by atoms with Gasteiger partial charge in [0.15, 0.2) is 11.5 Å². The van der Waals surface area contributed by atoms with E-state index in [-0.39, 0.29) is 12.7 Å². The van der Waals surface area contributed by atoms with Gasteiger partial charge in [-0.25, -0.2) is 4.98 Å². The molecule has 0 saturated heterocycles. The molecule has 7 nitrogen and oxygen atoms in total. The van der Waals surface area contributed by atoms with Gasteiger partial charge in [0.1, 0.15) is 10.7 Å². The lowest BCUT2D eigenvalue weighted by Crippen LogP contribution is -2.23. The molecular formula is C18H16N4O3S. The summed E-state index contributed by atoms with van der Waals surface area (Å²) in [6, 6.07) is 5.75. The number of nitrogens with one attached hydrogen (secondary N) is 1. The van der Waals surface area contributed by atoms with Crippen LogP contribution in [0.4, 0.5) is 0 Å². The van der Waals surface area contributed by atoms with Crippen LogP contribution in [0.15, 0.2) is 42.2 Å². The van der Waals surface area contributed by atoms with E-state index in [0.29, 0.717) is 19.4 Å². The zero-order valence-corrected chi connectivity index (χ0v) is 14.7. The van der Waals surface area contributed by atoms with Crippen LogP contribution in [-0.2, 0) is 17.8 Å². The van der Waals surface area contributed by atoms with E-state index in [9.17, 15) is 4.79 Å². The number of nitrogens with zero attached hydrogens (tertiary/aromatic N) is 3. The number of benzene rings is 1. The first-order valence-electron chi connectivity index (χ1n) is 8.14. The van der Waals surface area contributed by atoms with Crippen LogP contribution in [0.25, 0.3) is 10.7 Å². The van der Waals surface area contributed by atoms with Crippen LogP contribution in [0.5, 0.6) is 11.5 Å². The summed E-state index contributed by atoms with van der Waals surface area (Å²) in [6.07, 6.45) is 5.98. The van der Waals surface area contributed by atoms with Crippen molar-refractivity contribution in [2.24, 2.45) is 0 Å². The maximum Gasteiger partial charge on any atom is 0.231 e. The Morgan fingerprint density at radius 1 is 1.23 bits per heavy atom. The number of carbonyl (C=O) groups excluding carboxylic acids is 1. The van der Waals surface area contributed by atoms with Crippen molar-refractivity contribution in [2.45, 2.75) is 19.4 Å². The average Bonchev–Trinajstić information content (AvgIpc) is 3.34. The third kappa shape index (κ3) is 3.80. The number of hydrogen-bond acceptors (Lipinski definition) is 7. The Morgan fingerprint density at radius 2 is 2.15 bits per heavy atom. The zero-order valence-electron chi connectivity index (χ0n) is 13.8. The molecule has 0 radical (unpaired) electrons. The molecular weight excluding hydrogens is 352 g/mol. The van der Waals surface area contributed by atoms with Gasteiger partial charge in [-0.15, -0.1) is 11.3 Å². The van der Waals surface area contributed by atoms with E-state index in [1.807, 2.05) is 23.6 Å². The summed E-state index contributed by atoms with van der Waals surface area (Å²) in [5, 5.41) is 5.61. The van der Waals surface area contributed by atoms with Crippen molar-refractivity contribution in [3.63, 3.8) is 0 Å². The van der Waals surface area contributed by atoms with Crippen LogP contribution < -0.4 is 14.8 Å². The molecule has 0 unspecified atom stereocenters. The first-order valence-corrected chi connectivity index (χ1v) is 9.02. The van der Waals surface area contributed by atoms with Gasteiger partial charge < -0.3 is 14.8 Å². The standard InChI is InChI=1S/C18H16N4O3S/c23-17(4-2-12-1-3-15-16(7-12)25-11-24-15)21-8-13-10-26-18(22-13)14-9-19-5-6-20-14/h1,3,5-7,9-10H,2,4,8,11H2,(H,21,23). The number of aryl methyl sites for hydroxylation is 1. The van der Waals surface area contributed by atoms with Crippen LogP contribution in [0.3, 0.4) is 0 Å². The van der Waals surface area contributed by atoms with Gasteiger partial charge in [-0.1, -0.05) is 6.07 Å². The summed E-state index contributed by atoms with van der Waals surface area (Å²) in [5.74, 6) is 1.47. The molecule has 1 N–H and O–H groups in total. The Bertz CT molecular complexity index is 914. The summed E-state index contributed by atoms with van der Waals surface area (Å²) in [6.45, 7) is 0.653. The molecule has 132 valence electrons. The van der Waals surface area contributed by atoms with E-state index in [0.717, 1.165) is 33.5 Å². The smallest absolute Gasteiger partial charge is 0.231 e. The van der Waals surface area contributed by atoms with Crippen molar-refractivity contribution in [1.29, 1.82) is 0 Å². The van der Waals surface area contributed by atoms with Crippen LogP contribution in [0.1, 0.15) is 17.7 Å². The molecule has 0 bridgehead atoms. The van der Waals surface area contributed by atoms with Crippen LogP contribution in [-0.4, -0.2) is 27.7 Å². The first kappa shape index (κ1) is 16.5. The Labute approximate surface area is 154 Å². The first-order chi connectivity index (χ1) is 12.8. The number of ether oxygens (including phenoxy) is 2. The highest BCUT2D eigenvalue weighted by Gasteiger charge is 2.14. The molecule has 0 atom stereocenters. The number of thiazole rings is 1. The minimum absolute atomic E-state index is 0.0169. The molecule has 3 aromatic rings. The third-order valence-electron chi connectivity index (χ3n) is 3.88. The van der Waals surface area contributed by atoms with E-state index in [4.69, 9.17) is 9.47 Å². The molecule has 8 heteroatoms. The largest absolute Gasteiger partial charge is 0.454 e. The lowest BCUT2D eigenvalue weighted by atomic mass is 10.1. The monoisotopic (exact) mass is 368 g/mol. The molecule has 1 aromatic carbocycles. The van der Waals surface area contributed by atoms with Crippen LogP contribution in [0, 0.1) is 0 Å². The Balaban J connectivity index is 1.27. The second-order valence-electron chi connectivity index (χ2n) is 5.70. The molecule has 0 fully saturated rings. The molecule has 3 heterocycles. The molecule has 0 spiro atoms. The third-order valence-corrected chi connectivity index (χ3v) is 4.79. The Morgan fingerprint density at radius 3 is 3.04 bits per heavy atom. The fourth-order valence-electron chi connectivity index (χ4n) is 2.55. The van der Waals surface area contributed by atoms with Crippen LogP contribution >= 0.6 is 11.3 Å². The molecule has 2 aromatic heterocycles. The highest BCUT2D eigenvalue weighted by molar-refractivity contribution is 7.13. The lowest BCUT2D eigenvalue weighted by Gasteiger charge is -2.05. The fraction of sp³-hybridized carbons (Fsp3) is 0.222. The predicted molar refractivity (Wildman–Crippen MR) is 95.9 cm³/mol. The Hall–Kier alpha value is -3.00. The molecule has 4 rings (SSSR count). The van der Waals surface area contributed by atoms with E-state index < -0.39 is 0 Å². The molecule has 1 aliphatic rings. The van der Waals surface area contributed by atoms with Gasteiger partial charge in [0.25, 0.3) is 0 Å². The zero-order chi connectivity index (χ0) is 17.8. The van der Waals surface area contributed by atoms with Gasteiger partial charge in [0.05, 0.1) is 18.4 Å². The highest BCUT2D eigenvalue weighted by Crippen LogP contribution is 2.32. The molecule has 0 aliphatic carbocycles. The van der Waals surface area contributed by atoms with Gasteiger partial charge in [-0.05, 0) is 24.1 Å². The minimum atomic E-state index is -0.0169. The quantitative estimate of drug-likeness (QED) is 0.720. The van der Waals surface area contributed by atoms with Crippen LogP contribution in [0.2, 0.25) is 0 Å². The van der Waals surface area contributed by atoms with E-state index in [1.54, 1.807) is 18.6 Å². The van der Waals surface area contributed by atoms with Crippen molar-refractivity contribution in [1.82, 2.24) is 20.3 Å². The number of amides is 1. The lowest BCUT2D eigenvalue weighted by molar-refractivity contribution is -0.121. The highest BCUT2D eigenvalue weighted by atomic mass is 32.1. The number of hydrogen-bond donors (Lipinski definition) is 1. The van der Waals surface area contributed by atoms with Gasteiger partial charge in [0.2, 0.25) is 12.7 Å². The number of fused-ring (bicyclic) bond motifs is 1. The normalized spacial score (nSPS) is 12.2. The maximum atomic E-state index is 12.1. The van der Waals surface area contributed by atoms with Crippen molar-refractivity contribution in [2.75, 3.05) is 6.79 Å². The Kier molecular flexibility index (Phi) is 4.74. The molecule has 26 heavy (non-hydrogen) atoms. The summed E-state index contributed by atoms with van der Waals surface area (Å²) in [4.78, 5) is 24.8. The topological polar surface area (TPSA) is 86.2 Å². The number of aromatic nitrogens is 3. The minimum Gasteiger partial charge on any atom is -0.454 e. The summed E-state index contributed by atoms with van der Waals surface area (Å²) < 4.78 is 10.6. The predicted octanol–water partition coefficient (Wildman–Crippen LogP) is 2.58. The van der Waals surface area contributed by atoms with Crippen molar-refractivity contribution >= 4 is 17.2 Å². The van der Waals surface area contributed by atoms with Gasteiger partial charge >= 0.3 is 0 Å². The van der Waals surface area contributed by atoms with Gasteiger partial charge in [-0.3, -0.25) is 14.8 Å². The maximum absolute atomic E-state index is 12.1. The second-order valence-corrected chi connectivity index (χ2v) is 6.56.